The average molecular weight is 524 g/mol. The average Bonchev–Trinajstić information content (AvgIpc) is 2.96. The van der Waals surface area contributed by atoms with E-state index in [1.54, 1.807) is 14.0 Å². The van der Waals surface area contributed by atoms with E-state index in [2.05, 4.69) is 11.9 Å². The number of benzene rings is 3. The SMILES string of the molecule is C=C1NC2=C(C(=O)CC(c3ccc(OC)cc3)C2)C(c2ccc(OCc3ccccc3)cc2)C1C(=O)OCC. The molecule has 0 radical (unpaired) electrons. The van der Waals surface area contributed by atoms with Gasteiger partial charge in [-0.25, -0.2) is 0 Å². The predicted octanol–water partition coefficient (Wildman–Crippen LogP) is 6.05. The standard InChI is InChI=1S/C33H33NO5/c1-4-38-33(36)30-21(2)34-28-18-25(23-10-14-26(37-3)15-11-23)19-29(35)32(28)31(30)24-12-16-27(17-13-24)39-20-22-8-6-5-7-9-22/h5-17,25,30-31,34H,2,4,18-20H2,1,3H3. The molecule has 5 rings (SSSR count). The molecule has 0 aromatic heterocycles. The van der Waals surface area contributed by atoms with E-state index in [9.17, 15) is 9.59 Å². The second kappa shape index (κ2) is 11.6. The smallest absolute Gasteiger partial charge is 0.315 e. The molecule has 3 aromatic carbocycles. The molecule has 0 amide bonds. The lowest BCUT2D eigenvalue weighted by molar-refractivity contribution is -0.147. The lowest BCUT2D eigenvalue weighted by Gasteiger charge is -2.40. The van der Waals surface area contributed by atoms with E-state index >= 15 is 0 Å². The number of nitrogens with one attached hydrogen (secondary N) is 1. The molecule has 3 unspecified atom stereocenters. The number of hydrogen-bond donors (Lipinski definition) is 1. The summed E-state index contributed by atoms with van der Waals surface area (Å²) in [6.07, 6.45) is 1.01. The van der Waals surface area contributed by atoms with Gasteiger partial charge in [0.25, 0.3) is 0 Å². The Labute approximate surface area is 229 Å². The van der Waals surface area contributed by atoms with Crippen LogP contribution in [-0.2, 0) is 20.9 Å². The van der Waals surface area contributed by atoms with Crippen LogP contribution >= 0.6 is 0 Å². The maximum atomic E-state index is 13.7. The first-order valence-corrected chi connectivity index (χ1v) is 13.3. The Morgan fingerprint density at radius 1 is 0.923 bits per heavy atom. The zero-order valence-electron chi connectivity index (χ0n) is 22.3. The first-order valence-electron chi connectivity index (χ1n) is 13.3. The third kappa shape index (κ3) is 5.60. The molecule has 0 saturated heterocycles. The molecule has 6 heteroatoms. The first-order chi connectivity index (χ1) is 19.0. The summed E-state index contributed by atoms with van der Waals surface area (Å²) in [5.74, 6) is -0.0373. The van der Waals surface area contributed by atoms with Crippen LogP contribution in [0.1, 0.15) is 48.3 Å². The van der Waals surface area contributed by atoms with Crippen molar-refractivity contribution in [3.8, 4) is 11.5 Å². The molecule has 2 aliphatic rings. The highest BCUT2D eigenvalue weighted by molar-refractivity contribution is 6.01. The van der Waals surface area contributed by atoms with E-state index in [4.69, 9.17) is 14.2 Å². The Hall–Kier alpha value is -4.32. The molecular formula is C33H33NO5. The Morgan fingerprint density at radius 2 is 1.59 bits per heavy atom. The van der Waals surface area contributed by atoms with Gasteiger partial charge in [0.1, 0.15) is 24.0 Å². The summed E-state index contributed by atoms with van der Waals surface area (Å²) in [6, 6.07) is 25.4. The van der Waals surface area contributed by atoms with Gasteiger partial charge >= 0.3 is 5.97 Å². The van der Waals surface area contributed by atoms with E-state index in [0.29, 0.717) is 36.5 Å². The zero-order valence-corrected chi connectivity index (χ0v) is 22.3. The number of carbonyl (C=O) groups excluding carboxylic acids is 2. The van der Waals surface area contributed by atoms with Crippen LogP contribution in [0.4, 0.5) is 0 Å². The molecule has 1 heterocycles. The van der Waals surface area contributed by atoms with Gasteiger partial charge in [0.15, 0.2) is 5.78 Å². The van der Waals surface area contributed by atoms with Crippen LogP contribution in [0.25, 0.3) is 0 Å². The van der Waals surface area contributed by atoms with Crippen molar-refractivity contribution in [3.63, 3.8) is 0 Å². The van der Waals surface area contributed by atoms with E-state index in [1.165, 1.54) is 0 Å². The lowest BCUT2D eigenvalue weighted by Crippen LogP contribution is -2.42. The Balaban J connectivity index is 1.45. The molecule has 200 valence electrons. The highest BCUT2D eigenvalue weighted by Gasteiger charge is 2.45. The van der Waals surface area contributed by atoms with Gasteiger partial charge in [-0.3, -0.25) is 9.59 Å². The fourth-order valence-electron chi connectivity index (χ4n) is 5.54. The number of Topliss-reactive ketones (excluding diaryl/α,β-unsaturated/α-hetero) is 1. The van der Waals surface area contributed by atoms with Crippen molar-refractivity contribution in [2.45, 2.75) is 38.2 Å². The maximum absolute atomic E-state index is 13.7. The quantitative estimate of drug-likeness (QED) is 0.362. The van der Waals surface area contributed by atoms with Crippen LogP contribution in [0, 0.1) is 5.92 Å². The second-order valence-corrected chi connectivity index (χ2v) is 9.89. The fourth-order valence-corrected chi connectivity index (χ4v) is 5.54. The monoisotopic (exact) mass is 523 g/mol. The van der Waals surface area contributed by atoms with Crippen LogP contribution in [0.5, 0.6) is 11.5 Å². The van der Waals surface area contributed by atoms with Crippen molar-refractivity contribution < 1.29 is 23.8 Å². The first kappa shape index (κ1) is 26.3. The molecule has 1 N–H and O–H groups in total. The minimum atomic E-state index is -0.707. The molecule has 39 heavy (non-hydrogen) atoms. The van der Waals surface area contributed by atoms with E-state index in [1.807, 2.05) is 78.9 Å². The van der Waals surface area contributed by atoms with Crippen LogP contribution < -0.4 is 14.8 Å². The zero-order chi connectivity index (χ0) is 27.4. The number of esters is 1. The lowest BCUT2D eigenvalue weighted by atomic mass is 9.69. The van der Waals surface area contributed by atoms with Crippen LogP contribution in [0.15, 0.2) is 102 Å². The molecule has 0 bridgehead atoms. The molecule has 0 spiro atoms. The van der Waals surface area contributed by atoms with Crippen LogP contribution in [0.2, 0.25) is 0 Å². The van der Waals surface area contributed by atoms with Gasteiger partial charge < -0.3 is 19.5 Å². The summed E-state index contributed by atoms with van der Waals surface area (Å²) in [5.41, 5.74) is 5.02. The minimum absolute atomic E-state index is 0.0241. The van der Waals surface area contributed by atoms with Gasteiger partial charge in [0.2, 0.25) is 0 Å². The molecule has 1 aliphatic carbocycles. The third-order valence-corrected chi connectivity index (χ3v) is 7.45. The minimum Gasteiger partial charge on any atom is -0.497 e. The van der Waals surface area contributed by atoms with Gasteiger partial charge in [-0.2, -0.15) is 0 Å². The van der Waals surface area contributed by atoms with Gasteiger partial charge in [0, 0.05) is 29.3 Å². The second-order valence-electron chi connectivity index (χ2n) is 9.89. The predicted molar refractivity (Wildman–Crippen MR) is 149 cm³/mol. The van der Waals surface area contributed by atoms with E-state index < -0.39 is 11.8 Å². The summed E-state index contributed by atoms with van der Waals surface area (Å²) in [6.45, 7) is 6.68. The molecular weight excluding hydrogens is 490 g/mol. The van der Waals surface area contributed by atoms with Crippen LogP contribution in [0.3, 0.4) is 0 Å². The van der Waals surface area contributed by atoms with E-state index in [0.717, 1.165) is 28.1 Å². The number of rotatable bonds is 8. The fraction of sp³-hybridized carbons (Fsp3) is 0.273. The number of ketones is 1. The van der Waals surface area contributed by atoms with Crippen molar-refractivity contribution >= 4 is 11.8 Å². The van der Waals surface area contributed by atoms with Crippen LogP contribution in [-0.4, -0.2) is 25.5 Å². The largest absolute Gasteiger partial charge is 0.497 e. The van der Waals surface area contributed by atoms with Crippen molar-refractivity contribution in [2.24, 2.45) is 5.92 Å². The molecule has 1 aliphatic heterocycles. The molecule has 0 saturated carbocycles. The number of ether oxygens (including phenoxy) is 3. The summed E-state index contributed by atoms with van der Waals surface area (Å²) in [7, 11) is 1.63. The number of carbonyl (C=O) groups is 2. The van der Waals surface area contributed by atoms with Gasteiger partial charge in [-0.05, 0) is 60.2 Å². The molecule has 3 atom stereocenters. The molecule has 6 nitrogen and oxygen atoms in total. The number of allylic oxidation sites excluding steroid dienone is 2. The number of methoxy groups -OCH3 is 1. The van der Waals surface area contributed by atoms with Gasteiger partial charge in [-0.15, -0.1) is 0 Å². The Morgan fingerprint density at radius 3 is 2.26 bits per heavy atom. The van der Waals surface area contributed by atoms with Crippen molar-refractivity contribution in [1.29, 1.82) is 0 Å². The van der Waals surface area contributed by atoms with Crippen molar-refractivity contribution in [1.82, 2.24) is 5.32 Å². The van der Waals surface area contributed by atoms with Crippen molar-refractivity contribution in [3.05, 3.63) is 119 Å². The summed E-state index contributed by atoms with van der Waals surface area (Å²) >= 11 is 0. The van der Waals surface area contributed by atoms with Crippen molar-refractivity contribution in [2.75, 3.05) is 13.7 Å². The summed E-state index contributed by atoms with van der Waals surface area (Å²) in [4.78, 5) is 26.9. The normalized spacial score (nSPS) is 20.6. The Bertz CT molecular complexity index is 1380. The van der Waals surface area contributed by atoms with E-state index in [-0.39, 0.29) is 24.3 Å². The molecule has 0 fully saturated rings. The Kier molecular flexibility index (Phi) is 7.82. The highest BCUT2D eigenvalue weighted by Crippen LogP contribution is 2.47. The summed E-state index contributed by atoms with van der Waals surface area (Å²) in [5, 5.41) is 3.32. The highest BCUT2D eigenvalue weighted by atomic mass is 16.5. The van der Waals surface area contributed by atoms with Gasteiger partial charge in [-0.1, -0.05) is 61.2 Å². The van der Waals surface area contributed by atoms with Gasteiger partial charge in [0.05, 0.1) is 13.7 Å². The molecule has 3 aromatic rings. The maximum Gasteiger partial charge on any atom is 0.315 e. The number of hydrogen-bond acceptors (Lipinski definition) is 6. The third-order valence-electron chi connectivity index (χ3n) is 7.45. The summed E-state index contributed by atoms with van der Waals surface area (Å²) < 4.78 is 16.7. The topological polar surface area (TPSA) is 73.9 Å².